The molecule has 23 heavy (non-hydrogen) atoms. The van der Waals surface area contributed by atoms with Crippen LogP contribution in [0, 0.1) is 18.8 Å². The zero-order valence-corrected chi connectivity index (χ0v) is 15.3. The van der Waals surface area contributed by atoms with Gasteiger partial charge in [-0.3, -0.25) is 0 Å². The molecule has 0 aliphatic carbocycles. The minimum atomic E-state index is 0.928. The van der Waals surface area contributed by atoms with Crippen LogP contribution in [0.25, 0.3) is 10.3 Å². The van der Waals surface area contributed by atoms with Crippen LogP contribution in [0.1, 0.15) is 31.4 Å². The maximum absolute atomic E-state index is 4.84. The van der Waals surface area contributed by atoms with E-state index in [-0.39, 0.29) is 0 Å². The number of nitrogens with zero attached hydrogens (tertiary/aromatic N) is 5. The number of anilines is 1. The van der Waals surface area contributed by atoms with Crippen molar-refractivity contribution in [1.29, 1.82) is 0 Å². The Labute approximate surface area is 142 Å². The Morgan fingerprint density at radius 3 is 2.17 bits per heavy atom. The van der Waals surface area contributed by atoms with E-state index >= 15 is 0 Å². The van der Waals surface area contributed by atoms with Gasteiger partial charge in [0.25, 0.3) is 0 Å². The van der Waals surface area contributed by atoms with E-state index in [0.29, 0.717) is 0 Å². The summed E-state index contributed by atoms with van der Waals surface area (Å²) in [6.07, 6.45) is 5.46. The van der Waals surface area contributed by atoms with Crippen molar-refractivity contribution in [2.75, 3.05) is 38.1 Å². The highest BCUT2D eigenvalue weighted by atomic mass is 32.1. The van der Waals surface area contributed by atoms with Crippen LogP contribution in [0.2, 0.25) is 0 Å². The Hall–Kier alpha value is -1.14. The molecule has 4 heterocycles. The summed E-state index contributed by atoms with van der Waals surface area (Å²) in [5, 5.41) is 5.65. The van der Waals surface area contributed by atoms with Crippen molar-refractivity contribution in [2.45, 2.75) is 32.6 Å². The maximum Gasteiger partial charge on any atom is 0.188 e. The molecule has 2 aromatic rings. The van der Waals surface area contributed by atoms with Crippen molar-refractivity contribution in [2.24, 2.45) is 18.9 Å². The molecule has 0 spiro atoms. The van der Waals surface area contributed by atoms with Crippen molar-refractivity contribution in [3.05, 3.63) is 5.69 Å². The Morgan fingerprint density at radius 1 is 0.957 bits per heavy atom. The molecule has 0 radical (unpaired) electrons. The van der Waals surface area contributed by atoms with Gasteiger partial charge in [0, 0.05) is 20.1 Å². The predicted octanol–water partition coefficient (Wildman–Crippen LogP) is 2.90. The number of likely N-dealkylation sites (tertiary alicyclic amines) is 1. The van der Waals surface area contributed by atoms with E-state index in [1.165, 1.54) is 61.7 Å². The smallest absolute Gasteiger partial charge is 0.188 e. The van der Waals surface area contributed by atoms with Crippen LogP contribution in [-0.2, 0) is 7.05 Å². The normalized spacial score (nSPS) is 22.3. The SMILES string of the molecule is Cc1nn(C)c2nc(N3CCC(C4CCN(C)CC4)CC3)sc12. The van der Waals surface area contributed by atoms with Gasteiger partial charge in [0.15, 0.2) is 10.8 Å². The van der Waals surface area contributed by atoms with Crippen molar-refractivity contribution >= 4 is 26.8 Å². The third-order valence-electron chi connectivity index (χ3n) is 5.77. The first-order chi connectivity index (χ1) is 11.1. The first kappa shape index (κ1) is 15.4. The van der Waals surface area contributed by atoms with Crippen molar-refractivity contribution in [3.8, 4) is 0 Å². The molecule has 0 unspecified atom stereocenters. The molecule has 5 nitrogen and oxygen atoms in total. The molecule has 0 N–H and O–H groups in total. The molecule has 2 aliphatic heterocycles. The molecule has 0 aromatic carbocycles. The van der Waals surface area contributed by atoms with Gasteiger partial charge in [0.2, 0.25) is 0 Å². The first-order valence-electron chi connectivity index (χ1n) is 8.85. The Bertz CT molecular complexity index is 640. The van der Waals surface area contributed by atoms with E-state index in [9.17, 15) is 0 Å². The molecule has 0 bridgehead atoms. The second-order valence-corrected chi connectivity index (χ2v) is 8.30. The van der Waals surface area contributed by atoms with Crippen LogP contribution in [0.3, 0.4) is 0 Å². The van der Waals surface area contributed by atoms with Crippen LogP contribution in [0.15, 0.2) is 0 Å². The van der Waals surface area contributed by atoms with Gasteiger partial charge in [-0.05, 0) is 64.6 Å². The molecular formula is C17H27N5S. The van der Waals surface area contributed by atoms with Gasteiger partial charge in [-0.1, -0.05) is 11.3 Å². The molecular weight excluding hydrogens is 306 g/mol. The largest absolute Gasteiger partial charge is 0.348 e. The Kier molecular flexibility index (Phi) is 4.05. The summed E-state index contributed by atoms with van der Waals surface area (Å²) in [5.41, 5.74) is 2.15. The molecule has 2 saturated heterocycles. The summed E-state index contributed by atoms with van der Waals surface area (Å²) >= 11 is 1.81. The number of thiazole rings is 1. The fraction of sp³-hybridized carbons (Fsp3) is 0.765. The fourth-order valence-electron chi connectivity index (χ4n) is 4.27. The zero-order valence-electron chi connectivity index (χ0n) is 14.5. The summed E-state index contributed by atoms with van der Waals surface area (Å²) < 4.78 is 3.16. The van der Waals surface area contributed by atoms with Crippen LogP contribution in [0.4, 0.5) is 5.13 Å². The standard InChI is InChI=1S/C17H27N5S/c1-12-15-16(21(3)19-12)18-17(23-15)22-10-6-14(7-11-22)13-4-8-20(2)9-5-13/h13-14H,4-11H2,1-3H3. The van der Waals surface area contributed by atoms with Crippen molar-refractivity contribution in [3.63, 3.8) is 0 Å². The number of hydrogen-bond donors (Lipinski definition) is 0. The summed E-state index contributed by atoms with van der Waals surface area (Å²) in [6, 6.07) is 0. The van der Waals surface area contributed by atoms with E-state index in [1.54, 1.807) is 0 Å². The number of rotatable bonds is 2. The monoisotopic (exact) mass is 333 g/mol. The average molecular weight is 334 g/mol. The van der Waals surface area contributed by atoms with Crippen LogP contribution in [0.5, 0.6) is 0 Å². The van der Waals surface area contributed by atoms with Gasteiger partial charge in [-0.25, -0.2) is 9.67 Å². The highest BCUT2D eigenvalue weighted by Crippen LogP contribution is 2.36. The number of fused-ring (bicyclic) bond motifs is 1. The third kappa shape index (κ3) is 2.87. The zero-order chi connectivity index (χ0) is 16.0. The molecule has 2 aromatic heterocycles. The molecule has 2 aliphatic rings. The van der Waals surface area contributed by atoms with E-state index < -0.39 is 0 Å². The highest BCUT2D eigenvalue weighted by molar-refractivity contribution is 7.22. The van der Waals surface area contributed by atoms with Gasteiger partial charge in [0.1, 0.15) is 0 Å². The van der Waals surface area contributed by atoms with Crippen molar-refractivity contribution < 1.29 is 0 Å². The average Bonchev–Trinajstić information content (AvgIpc) is 3.11. The second kappa shape index (κ2) is 6.06. The summed E-state index contributed by atoms with van der Waals surface area (Å²) in [4.78, 5) is 9.81. The van der Waals surface area contributed by atoms with Gasteiger partial charge in [-0.15, -0.1) is 0 Å². The lowest BCUT2D eigenvalue weighted by Crippen LogP contribution is -2.39. The van der Waals surface area contributed by atoms with Crippen LogP contribution in [-0.4, -0.2) is 52.9 Å². The van der Waals surface area contributed by atoms with Crippen LogP contribution < -0.4 is 4.90 Å². The summed E-state index contributed by atoms with van der Waals surface area (Å²) in [6.45, 7) is 6.99. The summed E-state index contributed by atoms with van der Waals surface area (Å²) in [7, 11) is 4.24. The van der Waals surface area contributed by atoms with Gasteiger partial charge < -0.3 is 9.80 Å². The molecule has 4 rings (SSSR count). The van der Waals surface area contributed by atoms with E-state index in [0.717, 1.165) is 23.2 Å². The van der Waals surface area contributed by atoms with Crippen molar-refractivity contribution in [1.82, 2.24) is 19.7 Å². The third-order valence-corrected chi connectivity index (χ3v) is 6.99. The second-order valence-electron chi connectivity index (χ2n) is 7.32. The lowest BCUT2D eigenvalue weighted by molar-refractivity contribution is 0.154. The molecule has 0 saturated carbocycles. The molecule has 126 valence electrons. The number of hydrogen-bond acceptors (Lipinski definition) is 5. The molecule has 2 fully saturated rings. The first-order valence-corrected chi connectivity index (χ1v) is 9.67. The summed E-state index contributed by atoms with van der Waals surface area (Å²) in [5.74, 6) is 1.88. The Morgan fingerprint density at radius 2 is 1.57 bits per heavy atom. The molecule has 6 heteroatoms. The minimum Gasteiger partial charge on any atom is -0.348 e. The van der Waals surface area contributed by atoms with E-state index in [4.69, 9.17) is 4.98 Å². The number of aryl methyl sites for hydroxylation is 2. The lowest BCUT2D eigenvalue weighted by Gasteiger charge is -2.39. The van der Waals surface area contributed by atoms with E-state index in [1.807, 2.05) is 23.1 Å². The van der Waals surface area contributed by atoms with Gasteiger partial charge in [0.05, 0.1) is 10.4 Å². The number of piperidine rings is 2. The number of aromatic nitrogens is 3. The van der Waals surface area contributed by atoms with Gasteiger partial charge in [-0.2, -0.15) is 5.10 Å². The van der Waals surface area contributed by atoms with Crippen LogP contribution >= 0.6 is 11.3 Å². The highest BCUT2D eigenvalue weighted by Gasteiger charge is 2.29. The quantitative estimate of drug-likeness (QED) is 0.847. The molecule has 0 atom stereocenters. The fourth-order valence-corrected chi connectivity index (χ4v) is 5.36. The predicted molar refractivity (Wildman–Crippen MR) is 96.3 cm³/mol. The topological polar surface area (TPSA) is 37.2 Å². The Balaban J connectivity index is 1.41. The van der Waals surface area contributed by atoms with E-state index in [2.05, 4.69) is 28.9 Å². The molecule has 0 amide bonds. The maximum atomic E-state index is 4.84. The minimum absolute atomic E-state index is 0.928. The van der Waals surface area contributed by atoms with Gasteiger partial charge >= 0.3 is 0 Å². The lowest BCUT2D eigenvalue weighted by atomic mass is 9.79.